The van der Waals surface area contributed by atoms with Gasteiger partial charge in [0.25, 0.3) is 0 Å². The number of hydrogen-bond donors (Lipinski definition) is 1. The topological polar surface area (TPSA) is 12.0 Å². The van der Waals surface area contributed by atoms with E-state index in [9.17, 15) is 0 Å². The molecule has 0 fully saturated rings. The van der Waals surface area contributed by atoms with Crippen molar-refractivity contribution in [2.45, 2.75) is 6.54 Å². The quantitative estimate of drug-likeness (QED) is 0.537. The molecule has 0 amide bonds. The number of benzene rings is 1. The lowest BCUT2D eigenvalue weighted by Crippen LogP contribution is -2.15. The summed E-state index contributed by atoms with van der Waals surface area (Å²) >= 11 is 5.51. The van der Waals surface area contributed by atoms with Crippen molar-refractivity contribution >= 4 is 11.6 Å². The number of rotatable bonds is 4. The lowest BCUT2D eigenvalue weighted by Gasteiger charge is -2.00. The van der Waals surface area contributed by atoms with Crippen LogP contribution in [0.4, 0.5) is 0 Å². The first-order chi connectivity index (χ1) is 5.43. The Morgan fingerprint density at radius 3 is 2.55 bits per heavy atom. The summed E-state index contributed by atoms with van der Waals surface area (Å²) in [5, 5.41) is 3.22. The van der Waals surface area contributed by atoms with Gasteiger partial charge in [-0.2, -0.15) is 0 Å². The zero-order chi connectivity index (χ0) is 7.94. The van der Waals surface area contributed by atoms with Crippen LogP contribution in [0.25, 0.3) is 0 Å². The largest absolute Gasteiger partial charge is 0.311 e. The molecule has 1 aromatic carbocycles. The third kappa shape index (κ3) is 3.40. The predicted octanol–water partition coefficient (Wildman–Crippen LogP) is 2.01. The van der Waals surface area contributed by atoms with Gasteiger partial charge in [0.2, 0.25) is 0 Å². The molecule has 1 nitrogen and oxygen atoms in total. The van der Waals surface area contributed by atoms with E-state index in [4.69, 9.17) is 11.6 Å². The van der Waals surface area contributed by atoms with Crippen molar-refractivity contribution in [2.24, 2.45) is 0 Å². The zero-order valence-corrected chi connectivity index (χ0v) is 7.14. The van der Waals surface area contributed by atoms with E-state index in [-0.39, 0.29) is 0 Å². The predicted molar refractivity (Wildman–Crippen MR) is 48.9 cm³/mol. The van der Waals surface area contributed by atoms with Crippen LogP contribution in [-0.4, -0.2) is 12.4 Å². The van der Waals surface area contributed by atoms with Crippen molar-refractivity contribution in [3.8, 4) is 0 Å². The second-order valence-electron chi connectivity index (χ2n) is 2.35. The minimum Gasteiger partial charge on any atom is -0.311 e. The second-order valence-corrected chi connectivity index (χ2v) is 2.73. The Bertz CT molecular complexity index is 186. The van der Waals surface area contributed by atoms with Crippen molar-refractivity contribution in [1.29, 1.82) is 0 Å². The van der Waals surface area contributed by atoms with E-state index >= 15 is 0 Å². The third-order valence-corrected chi connectivity index (χ3v) is 1.63. The van der Waals surface area contributed by atoms with E-state index in [1.165, 1.54) is 5.56 Å². The van der Waals surface area contributed by atoms with Crippen LogP contribution < -0.4 is 5.32 Å². The molecule has 0 bridgehead atoms. The molecule has 1 aromatic rings. The SMILES string of the molecule is ClCCNCc1ccccc1. The van der Waals surface area contributed by atoms with Gasteiger partial charge in [-0.25, -0.2) is 0 Å². The van der Waals surface area contributed by atoms with Crippen LogP contribution in [0.1, 0.15) is 5.56 Å². The van der Waals surface area contributed by atoms with Crippen LogP contribution in [-0.2, 0) is 6.54 Å². The van der Waals surface area contributed by atoms with Crippen LogP contribution in [0.5, 0.6) is 0 Å². The fourth-order valence-electron chi connectivity index (χ4n) is 0.895. The molecule has 0 heterocycles. The van der Waals surface area contributed by atoms with Crippen LogP contribution in [0.2, 0.25) is 0 Å². The highest BCUT2D eigenvalue weighted by Gasteiger charge is 1.87. The molecule has 0 unspecified atom stereocenters. The molecule has 11 heavy (non-hydrogen) atoms. The van der Waals surface area contributed by atoms with E-state index in [0.29, 0.717) is 5.88 Å². The molecule has 0 atom stereocenters. The Balaban J connectivity index is 2.28. The van der Waals surface area contributed by atoms with Gasteiger partial charge >= 0.3 is 0 Å². The number of hydrogen-bond acceptors (Lipinski definition) is 1. The first-order valence-corrected chi connectivity index (χ1v) is 4.27. The summed E-state index contributed by atoms with van der Waals surface area (Å²) in [6, 6.07) is 10.3. The van der Waals surface area contributed by atoms with Crippen LogP contribution in [0, 0.1) is 0 Å². The molecule has 0 aliphatic rings. The average molecular weight is 170 g/mol. The summed E-state index contributed by atoms with van der Waals surface area (Å²) in [5.41, 5.74) is 1.30. The first kappa shape index (κ1) is 8.57. The van der Waals surface area contributed by atoms with E-state index < -0.39 is 0 Å². The smallest absolute Gasteiger partial charge is 0.0348 e. The maximum absolute atomic E-state index is 5.51. The summed E-state index contributed by atoms with van der Waals surface area (Å²) < 4.78 is 0. The second kappa shape index (κ2) is 5.16. The Hall–Kier alpha value is -0.530. The Morgan fingerprint density at radius 1 is 1.18 bits per heavy atom. The van der Waals surface area contributed by atoms with E-state index in [1.807, 2.05) is 18.2 Å². The van der Waals surface area contributed by atoms with Gasteiger partial charge in [0.15, 0.2) is 0 Å². The molecule has 1 N–H and O–H groups in total. The first-order valence-electron chi connectivity index (χ1n) is 3.74. The number of alkyl halides is 1. The molecule has 0 saturated heterocycles. The highest BCUT2D eigenvalue weighted by Crippen LogP contribution is 1.96. The lowest BCUT2D eigenvalue weighted by molar-refractivity contribution is 0.730. The highest BCUT2D eigenvalue weighted by molar-refractivity contribution is 6.18. The molecule has 0 aliphatic carbocycles. The maximum Gasteiger partial charge on any atom is 0.0348 e. The average Bonchev–Trinajstić information content (AvgIpc) is 2.07. The minimum absolute atomic E-state index is 0.673. The van der Waals surface area contributed by atoms with Crippen molar-refractivity contribution in [3.63, 3.8) is 0 Å². The van der Waals surface area contributed by atoms with Gasteiger partial charge in [-0.1, -0.05) is 30.3 Å². The van der Waals surface area contributed by atoms with Gasteiger partial charge in [0.1, 0.15) is 0 Å². The molecule has 60 valence electrons. The molecule has 0 aromatic heterocycles. The fourth-order valence-corrected chi connectivity index (χ4v) is 1.03. The lowest BCUT2D eigenvalue weighted by atomic mass is 10.2. The van der Waals surface area contributed by atoms with Gasteiger partial charge in [-0.05, 0) is 5.56 Å². The Kier molecular flexibility index (Phi) is 4.02. The summed E-state index contributed by atoms with van der Waals surface area (Å²) in [4.78, 5) is 0. The molecular weight excluding hydrogens is 158 g/mol. The van der Waals surface area contributed by atoms with Crippen molar-refractivity contribution in [3.05, 3.63) is 35.9 Å². The van der Waals surface area contributed by atoms with E-state index in [0.717, 1.165) is 13.1 Å². The van der Waals surface area contributed by atoms with Gasteiger partial charge in [0.05, 0.1) is 0 Å². The summed E-state index contributed by atoms with van der Waals surface area (Å²) in [6.45, 7) is 1.78. The number of nitrogens with one attached hydrogen (secondary N) is 1. The zero-order valence-electron chi connectivity index (χ0n) is 6.39. The highest BCUT2D eigenvalue weighted by atomic mass is 35.5. The van der Waals surface area contributed by atoms with Crippen LogP contribution in [0.15, 0.2) is 30.3 Å². The molecule has 0 saturated carbocycles. The fraction of sp³-hybridized carbons (Fsp3) is 0.333. The molecule has 2 heteroatoms. The number of halogens is 1. The van der Waals surface area contributed by atoms with Gasteiger partial charge in [-0.3, -0.25) is 0 Å². The molecule has 0 spiro atoms. The van der Waals surface area contributed by atoms with Crippen molar-refractivity contribution in [1.82, 2.24) is 5.32 Å². The van der Waals surface area contributed by atoms with Crippen LogP contribution >= 0.6 is 11.6 Å². The summed E-state index contributed by atoms with van der Waals surface area (Å²) in [7, 11) is 0. The Morgan fingerprint density at radius 2 is 1.91 bits per heavy atom. The maximum atomic E-state index is 5.51. The van der Waals surface area contributed by atoms with E-state index in [2.05, 4.69) is 17.4 Å². The van der Waals surface area contributed by atoms with Gasteiger partial charge < -0.3 is 5.32 Å². The monoisotopic (exact) mass is 169 g/mol. The molecule has 0 radical (unpaired) electrons. The van der Waals surface area contributed by atoms with Crippen LogP contribution in [0.3, 0.4) is 0 Å². The minimum atomic E-state index is 0.673. The Labute approximate surface area is 72.4 Å². The third-order valence-electron chi connectivity index (χ3n) is 1.44. The van der Waals surface area contributed by atoms with Crippen molar-refractivity contribution < 1.29 is 0 Å². The summed E-state index contributed by atoms with van der Waals surface area (Å²) in [5.74, 6) is 0.673. The van der Waals surface area contributed by atoms with Gasteiger partial charge in [-0.15, -0.1) is 11.6 Å². The normalized spacial score (nSPS) is 9.91. The molecular formula is C9H12ClN. The summed E-state index contributed by atoms with van der Waals surface area (Å²) in [6.07, 6.45) is 0. The standard InChI is InChI=1S/C9H12ClN/c10-6-7-11-8-9-4-2-1-3-5-9/h1-5,11H,6-8H2. The van der Waals surface area contributed by atoms with E-state index in [1.54, 1.807) is 0 Å². The van der Waals surface area contributed by atoms with Crippen molar-refractivity contribution in [2.75, 3.05) is 12.4 Å². The molecule has 1 rings (SSSR count). The molecule has 0 aliphatic heterocycles. The van der Waals surface area contributed by atoms with Gasteiger partial charge in [0, 0.05) is 19.0 Å².